The van der Waals surface area contributed by atoms with E-state index in [4.69, 9.17) is 4.98 Å². The molecule has 1 aliphatic heterocycles. The molecule has 2 aromatic rings. The third-order valence-corrected chi connectivity index (χ3v) is 7.46. The van der Waals surface area contributed by atoms with Crippen molar-refractivity contribution in [3.05, 3.63) is 76.5 Å². The molecule has 190 valence electrons. The maximum atomic E-state index is 4.94. The molecule has 1 fully saturated rings. The predicted octanol–water partition coefficient (Wildman–Crippen LogP) is 6.96. The van der Waals surface area contributed by atoms with E-state index in [1.54, 1.807) is 22.8 Å². The number of imidazole rings is 1. The van der Waals surface area contributed by atoms with Gasteiger partial charge in [0.2, 0.25) is 0 Å². The van der Waals surface area contributed by atoms with Crippen LogP contribution < -0.4 is 0 Å². The Morgan fingerprint density at radius 1 is 1.23 bits per heavy atom. The van der Waals surface area contributed by atoms with Gasteiger partial charge in [-0.15, -0.1) is 0 Å². The minimum Gasteiger partial charge on any atom is -0.334 e. The van der Waals surface area contributed by atoms with Crippen molar-refractivity contribution in [1.82, 2.24) is 14.5 Å². The first-order chi connectivity index (χ1) is 16.9. The summed E-state index contributed by atoms with van der Waals surface area (Å²) in [7, 11) is 2.17. The molecule has 35 heavy (non-hydrogen) atoms. The highest BCUT2D eigenvalue weighted by Crippen LogP contribution is 2.33. The quantitative estimate of drug-likeness (QED) is 0.246. The molecule has 1 saturated heterocycles. The van der Waals surface area contributed by atoms with Gasteiger partial charge in [0.1, 0.15) is 5.82 Å². The SMILES string of the molecule is C=C/C(=C/CCc1c(C)nc(CN2CCC(c3cccc(CC(C)C)c3CCC)CC2)n1C)N=C. The van der Waals surface area contributed by atoms with E-state index >= 15 is 0 Å². The van der Waals surface area contributed by atoms with Crippen molar-refractivity contribution in [2.24, 2.45) is 18.0 Å². The number of nitrogens with zero attached hydrogens (tertiary/aromatic N) is 4. The molecule has 2 heterocycles. The number of likely N-dealkylation sites (tertiary alicyclic amines) is 1. The van der Waals surface area contributed by atoms with Gasteiger partial charge in [0.15, 0.2) is 0 Å². The monoisotopic (exact) mass is 474 g/mol. The molecule has 0 saturated carbocycles. The molecule has 1 aromatic heterocycles. The van der Waals surface area contributed by atoms with Gasteiger partial charge in [0, 0.05) is 12.7 Å². The second-order valence-corrected chi connectivity index (χ2v) is 10.5. The maximum Gasteiger partial charge on any atom is 0.123 e. The zero-order chi connectivity index (χ0) is 25.4. The summed E-state index contributed by atoms with van der Waals surface area (Å²) >= 11 is 0. The number of allylic oxidation sites excluding steroid dienone is 2. The number of aromatic nitrogens is 2. The van der Waals surface area contributed by atoms with Gasteiger partial charge in [-0.2, -0.15) is 0 Å². The third-order valence-electron chi connectivity index (χ3n) is 7.46. The van der Waals surface area contributed by atoms with Crippen LogP contribution in [-0.2, 0) is 32.9 Å². The van der Waals surface area contributed by atoms with Gasteiger partial charge in [0.25, 0.3) is 0 Å². The summed E-state index contributed by atoms with van der Waals surface area (Å²) in [5.41, 5.74) is 8.16. The highest BCUT2D eigenvalue weighted by atomic mass is 15.2. The smallest absolute Gasteiger partial charge is 0.123 e. The molecule has 3 rings (SSSR count). The maximum absolute atomic E-state index is 4.94. The number of benzene rings is 1. The van der Waals surface area contributed by atoms with Crippen LogP contribution in [0.5, 0.6) is 0 Å². The molecule has 0 amide bonds. The number of rotatable bonds is 12. The van der Waals surface area contributed by atoms with Crippen LogP contribution in [0, 0.1) is 12.8 Å². The van der Waals surface area contributed by atoms with E-state index in [0.717, 1.165) is 43.9 Å². The van der Waals surface area contributed by atoms with Gasteiger partial charge in [-0.25, -0.2) is 4.98 Å². The van der Waals surface area contributed by atoms with Gasteiger partial charge in [-0.3, -0.25) is 9.89 Å². The fourth-order valence-electron chi connectivity index (χ4n) is 5.62. The standard InChI is InChI=1S/C31H46N4/c1-8-12-28-26(21-23(3)4)13-10-15-29(28)25-17-19-35(20-18-25)22-31-33-24(5)30(34(31)7)16-11-14-27(9-2)32-6/h9-10,13-15,23,25H,2,6,8,11-12,16-22H2,1,3-5,7H3/b27-14-. The van der Waals surface area contributed by atoms with Crippen LogP contribution in [-0.4, -0.2) is 34.3 Å². The normalized spacial score (nSPS) is 15.7. The summed E-state index contributed by atoms with van der Waals surface area (Å²) in [5, 5.41) is 0. The molecular formula is C31H46N4. The summed E-state index contributed by atoms with van der Waals surface area (Å²) in [6, 6.07) is 7.08. The molecule has 4 nitrogen and oxygen atoms in total. The van der Waals surface area contributed by atoms with Crippen molar-refractivity contribution in [1.29, 1.82) is 0 Å². The van der Waals surface area contributed by atoms with Crippen molar-refractivity contribution >= 4 is 6.72 Å². The molecular weight excluding hydrogens is 428 g/mol. The Morgan fingerprint density at radius 2 is 1.97 bits per heavy atom. The van der Waals surface area contributed by atoms with Gasteiger partial charge in [-0.05, 0) is 99.9 Å². The lowest BCUT2D eigenvalue weighted by atomic mass is 9.82. The minimum absolute atomic E-state index is 0.683. The molecule has 0 aliphatic carbocycles. The largest absolute Gasteiger partial charge is 0.334 e. The van der Waals surface area contributed by atoms with E-state index in [2.05, 4.69) is 86.8 Å². The topological polar surface area (TPSA) is 33.4 Å². The third kappa shape index (κ3) is 7.04. The number of hydrogen-bond donors (Lipinski definition) is 0. The van der Waals surface area contributed by atoms with E-state index in [9.17, 15) is 0 Å². The molecule has 0 N–H and O–H groups in total. The van der Waals surface area contributed by atoms with Crippen LogP contribution >= 0.6 is 0 Å². The summed E-state index contributed by atoms with van der Waals surface area (Å²) < 4.78 is 2.30. The number of hydrogen-bond acceptors (Lipinski definition) is 3. The Bertz CT molecular complexity index is 1010. The zero-order valence-corrected chi connectivity index (χ0v) is 22.8. The molecule has 4 heteroatoms. The summed E-state index contributed by atoms with van der Waals surface area (Å²) in [4.78, 5) is 11.5. The number of aryl methyl sites for hydroxylation is 1. The summed E-state index contributed by atoms with van der Waals surface area (Å²) in [6.07, 6.45) is 11.8. The Balaban J connectivity index is 1.64. The van der Waals surface area contributed by atoms with Crippen LogP contribution in [0.15, 0.2) is 47.6 Å². The molecule has 0 unspecified atom stereocenters. The lowest BCUT2D eigenvalue weighted by molar-refractivity contribution is 0.198. The summed E-state index contributed by atoms with van der Waals surface area (Å²) in [5.74, 6) is 2.56. The fourth-order valence-corrected chi connectivity index (χ4v) is 5.62. The van der Waals surface area contributed by atoms with E-state index in [0.29, 0.717) is 11.8 Å². The molecule has 0 radical (unpaired) electrons. The second kappa shape index (κ2) is 13.0. The molecule has 0 atom stereocenters. The van der Waals surface area contributed by atoms with E-state index in [-0.39, 0.29) is 0 Å². The molecule has 1 aliphatic rings. The van der Waals surface area contributed by atoms with E-state index < -0.39 is 0 Å². The average Bonchev–Trinajstić information content (AvgIpc) is 3.10. The van der Waals surface area contributed by atoms with Crippen molar-refractivity contribution in [2.45, 2.75) is 85.1 Å². The van der Waals surface area contributed by atoms with E-state index in [1.807, 2.05) is 0 Å². The lowest BCUT2D eigenvalue weighted by Gasteiger charge is -2.33. The highest BCUT2D eigenvalue weighted by molar-refractivity contribution is 5.38. The lowest BCUT2D eigenvalue weighted by Crippen LogP contribution is -2.33. The van der Waals surface area contributed by atoms with Gasteiger partial charge >= 0.3 is 0 Å². The first kappa shape index (κ1) is 27.1. The van der Waals surface area contributed by atoms with Crippen molar-refractivity contribution in [2.75, 3.05) is 13.1 Å². The van der Waals surface area contributed by atoms with Crippen molar-refractivity contribution in [3.63, 3.8) is 0 Å². The fraction of sp³-hybridized carbons (Fsp3) is 0.548. The molecule has 1 aromatic carbocycles. The first-order valence-corrected chi connectivity index (χ1v) is 13.5. The number of aliphatic imine (C=N–C) groups is 1. The Morgan fingerprint density at radius 3 is 2.60 bits per heavy atom. The van der Waals surface area contributed by atoms with Crippen molar-refractivity contribution in [3.8, 4) is 0 Å². The highest BCUT2D eigenvalue weighted by Gasteiger charge is 2.25. The molecule has 0 spiro atoms. The second-order valence-electron chi connectivity index (χ2n) is 10.5. The average molecular weight is 475 g/mol. The molecule has 0 bridgehead atoms. The zero-order valence-electron chi connectivity index (χ0n) is 22.8. The van der Waals surface area contributed by atoms with Gasteiger partial charge < -0.3 is 4.57 Å². The van der Waals surface area contributed by atoms with Crippen LogP contribution in [0.4, 0.5) is 0 Å². The van der Waals surface area contributed by atoms with Gasteiger partial charge in [0.05, 0.1) is 17.9 Å². The predicted molar refractivity (Wildman–Crippen MR) is 150 cm³/mol. The van der Waals surface area contributed by atoms with Crippen molar-refractivity contribution < 1.29 is 0 Å². The Labute approximate surface area is 213 Å². The van der Waals surface area contributed by atoms with E-state index in [1.165, 1.54) is 43.6 Å². The number of piperidine rings is 1. The Hall–Kier alpha value is -2.46. The van der Waals surface area contributed by atoms with Crippen LogP contribution in [0.1, 0.15) is 86.3 Å². The van der Waals surface area contributed by atoms with Crippen LogP contribution in [0.25, 0.3) is 0 Å². The van der Waals surface area contributed by atoms with Crippen LogP contribution in [0.2, 0.25) is 0 Å². The first-order valence-electron chi connectivity index (χ1n) is 13.5. The van der Waals surface area contributed by atoms with Crippen LogP contribution in [0.3, 0.4) is 0 Å². The summed E-state index contributed by atoms with van der Waals surface area (Å²) in [6.45, 7) is 19.7. The Kier molecular flexibility index (Phi) is 10.1. The minimum atomic E-state index is 0.683. The van der Waals surface area contributed by atoms with Gasteiger partial charge in [-0.1, -0.05) is 58.0 Å².